The predicted molar refractivity (Wildman–Crippen MR) is 86.6 cm³/mol. The molecule has 1 aliphatic carbocycles. The maximum Gasteiger partial charge on any atom is 0.287 e. The number of benzene rings is 1. The molecule has 4 heteroatoms. The van der Waals surface area contributed by atoms with Crippen LogP contribution in [0.3, 0.4) is 0 Å². The van der Waals surface area contributed by atoms with Crippen molar-refractivity contribution in [2.24, 2.45) is 11.7 Å². The molecule has 3 N–H and O–H groups in total. The summed E-state index contributed by atoms with van der Waals surface area (Å²) < 4.78 is 5.66. The lowest BCUT2D eigenvalue weighted by Crippen LogP contribution is -2.38. The third kappa shape index (κ3) is 3.39. The molecule has 3 rings (SSSR count). The maximum atomic E-state index is 12.1. The molecule has 2 aromatic rings. The summed E-state index contributed by atoms with van der Waals surface area (Å²) in [5.41, 5.74) is 8.24. The molecule has 1 atom stereocenters. The van der Waals surface area contributed by atoms with Crippen LogP contribution in [-0.4, -0.2) is 18.5 Å². The van der Waals surface area contributed by atoms with Gasteiger partial charge < -0.3 is 15.5 Å². The number of amides is 1. The average molecular weight is 298 g/mol. The first kappa shape index (κ1) is 14.9. The van der Waals surface area contributed by atoms with Crippen molar-refractivity contribution in [2.45, 2.75) is 32.2 Å². The fourth-order valence-corrected chi connectivity index (χ4v) is 2.51. The van der Waals surface area contributed by atoms with Gasteiger partial charge >= 0.3 is 0 Å². The Bertz CT molecular complexity index is 641. The molecule has 0 spiro atoms. The number of hydrogen-bond acceptors (Lipinski definition) is 3. The number of rotatable bonds is 6. The molecule has 1 heterocycles. The smallest absolute Gasteiger partial charge is 0.287 e. The van der Waals surface area contributed by atoms with Gasteiger partial charge in [0.25, 0.3) is 5.91 Å². The summed E-state index contributed by atoms with van der Waals surface area (Å²) in [4.78, 5) is 12.1. The van der Waals surface area contributed by atoms with Crippen LogP contribution in [-0.2, 0) is 6.42 Å². The molecule has 0 bridgehead atoms. The Labute approximate surface area is 130 Å². The number of hydrogen-bond donors (Lipinski definition) is 2. The van der Waals surface area contributed by atoms with E-state index in [1.165, 1.54) is 18.4 Å². The number of carbonyl (C=O) groups is 1. The molecule has 1 saturated carbocycles. The lowest BCUT2D eigenvalue weighted by atomic mass is 10.1. The highest BCUT2D eigenvalue weighted by molar-refractivity contribution is 5.92. The van der Waals surface area contributed by atoms with Crippen LogP contribution in [0.5, 0.6) is 0 Å². The van der Waals surface area contributed by atoms with E-state index in [2.05, 4.69) is 24.4 Å². The second-order valence-corrected chi connectivity index (χ2v) is 5.93. The van der Waals surface area contributed by atoms with E-state index in [1.54, 1.807) is 6.07 Å². The monoisotopic (exact) mass is 298 g/mol. The number of aryl methyl sites for hydroxylation is 1. The van der Waals surface area contributed by atoms with Crippen LogP contribution in [0.25, 0.3) is 11.3 Å². The van der Waals surface area contributed by atoms with Gasteiger partial charge in [-0.2, -0.15) is 0 Å². The molecule has 1 unspecified atom stereocenters. The van der Waals surface area contributed by atoms with Crippen LogP contribution in [0.2, 0.25) is 0 Å². The van der Waals surface area contributed by atoms with Crippen molar-refractivity contribution >= 4 is 5.91 Å². The average Bonchev–Trinajstić information content (AvgIpc) is 3.29. The van der Waals surface area contributed by atoms with Gasteiger partial charge in [0.05, 0.1) is 0 Å². The molecule has 1 aromatic heterocycles. The minimum absolute atomic E-state index is 0.0555. The summed E-state index contributed by atoms with van der Waals surface area (Å²) in [6.45, 7) is 2.63. The Hall–Kier alpha value is -2.07. The van der Waals surface area contributed by atoms with Gasteiger partial charge in [-0.15, -0.1) is 0 Å². The van der Waals surface area contributed by atoms with Crippen LogP contribution >= 0.6 is 0 Å². The molecule has 1 aliphatic rings. The van der Waals surface area contributed by atoms with E-state index in [9.17, 15) is 4.79 Å². The maximum absolute atomic E-state index is 12.1. The minimum Gasteiger partial charge on any atom is -0.451 e. The second kappa shape index (κ2) is 6.36. The Morgan fingerprint density at radius 2 is 2.00 bits per heavy atom. The zero-order chi connectivity index (χ0) is 15.5. The van der Waals surface area contributed by atoms with Gasteiger partial charge in [-0.1, -0.05) is 31.2 Å². The van der Waals surface area contributed by atoms with Gasteiger partial charge in [0, 0.05) is 18.2 Å². The molecule has 22 heavy (non-hydrogen) atoms. The van der Waals surface area contributed by atoms with E-state index >= 15 is 0 Å². The molecule has 1 fully saturated rings. The summed E-state index contributed by atoms with van der Waals surface area (Å²) >= 11 is 0. The first-order valence-corrected chi connectivity index (χ1v) is 7.90. The third-order valence-corrected chi connectivity index (χ3v) is 4.20. The highest BCUT2D eigenvalue weighted by atomic mass is 16.3. The Morgan fingerprint density at radius 3 is 2.64 bits per heavy atom. The number of carbonyl (C=O) groups excluding carboxylic acids is 1. The summed E-state index contributed by atoms with van der Waals surface area (Å²) in [7, 11) is 0. The van der Waals surface area contributed by atoms with Gasteiger partial charge in [0.15, 0.2) is 5.76 Å². The van der Waals surface area contributed by atoms with E-state index in [4.69, 9.17) is 10.2 Å². The quantitative estimate of drug-likeness (QED) is 0.861. The summed E-state index contributed by atoms with van der Waals surface area (Å²) in [6.07, 6.45) is 3.36. The predicted octanol–water partition coefficient (Wildman–Crippen LogP) is 2.98. The SMILES string of the molecule is CCc1ccc(-c2ccc(C(=O)NCC(N)C3CC3)o2)cc1. The third-order valence-electron chi connectivity index (χ3n) is 4.20. The van der Waals surface area contributed by atoms with Crippen molar-refractivity contribution in [3.63, 3.8) is 0 Å². The number of nitrogens with two attached hydrogens (primary N) is 1. The first-order valence-electron chi connectivity index (χ1n) is 7.90. The van der Waals surface area contributed by atoms with Gasteiger partial charge in [-0.05, 0) is 42.9 Å². The van der Waals surface area contributed by atoms with E-state index in [0.717, 1.165) is 12.0 Å². The molecule has 4 nitrogen and oxygen atoms in total. The van der Waals surface area contributed by atoms with E-state index in [1.807, 2.05) is 18.2 Å². The van der Waals surface area contributed by atoms with Gasteiger partial charge in [0.1, 0.15) is 5.76 Å². The number of nitrogens with one attached hydrogen (secondary N) is 1. The van der Waals surface area contributed by atoms with Crippen molar-refractivity contribution in [3.8, 4) is 11.3 Å². The van der Waals surface area contributed by atoms with Crippen molar-refractivity contribution in [3.05, 3.63) is 47.7 Å². The highest BCUT2D eigenvalue weighted by Gasteiger charge is 2.28. The lowest BCUT2D eigenvalue weighted by Gasteiger charge is -2.10. The summed E-state index contributed by atoms with van der Waals surface area (Å²) in [5, 5.41) is 2.85. The van der Waals surface area contributed by atoms with Crippen LogP contribution in [0.15, 0.2) is 40.8 Å². The minimum atomic E-state index is -0.201. The van der Waals surface area contributed by atoms with Crippen LogP contribution in [0, 0.1) is 5.92 Å². The molecule has 1 amide bonds. The van der Waals surface area contributed by atoms with E-state index in [0.29, 0.717) is 24.0 Å². The largest absolute Gasteiger partial charge is 0.451 e. The van der Waals surface area contributed by atoms with Crippen molar-refractivity contribution in [1.82, 2.24) is 5.32 Å². The van der Waals surface area contributed by atoms with Gasteiger partial charge in [-0.25, -0.2) is 0 Å². The molecule has 1 aromatic carbocycles. The van der Waals surface area contributed by atoms with Crippen molar-refractivity contribution in [1.29, 1.82) is 0 Å². The van der Waals surface area contributed by atoms with Gasteiger partial charge in [-0.3, -0.25) is 4.79 Å². The normalized spacial score (nSPS) is 15.5. The summed E-state index contributed by atoms with van der Waals surface area (Å²) in [6, 6.07) is 11.8. The molecular weight excluding hydrogens is 276 g/mol. The van der Waals surface area contributed by atoms with Crippen LogP contribution in [0.1, 0.15) is 35.9 Å². The first-order chi connectivity index (χ1) is 10.7. The molecule has 0 radical (unpaired) electrons. The zero-order valence-corrected chi connectivity index (χ0v) is 12.8. The van der Waals surface area contributed by atoms with Crippen molar-refractivity contribution < 1.29 is 9.21 Å². The fourth-order valence-electron chi connectivity index (χ4n) is 2.51. The standard InChI is InChI=1S/C18H22N2O2/c1-2-12-3-5-14(6-4-12)16-9-10-17(22-16)18(21)20-11-15(19)13-7-8-13/h3-6,9-10,13,15H,2,7-8,11,19H2,1H3,(H,20,21). The van der Waals surface area contributed by atoms with Crippen LogP contribution in [0.4, 0.5) is 0 Å². The van der Waals surface area contributed by atoms with E-state index < -0.39 is 0 Å². The molecular formula is C18H22N2O2. The summed E-state index contributed by atoms with van der Waals surface area (Å²) in [5.74, 6) is 1.41. The molecule has 0 aliphatic heterocycles. The second-order valence-electron chi connectivity index (χ2n) is 5.93. The Morgan fingerprint density at radius 1 is 1.27 bits per heavy atom. The van der Waals surface area contributed by atoms with E-state index in [-0.39, 0.29) is 11.9 Å². The number of furan rings is 1. The molecule has 0 saturated heterocycles. The Balaban J connectivity index is 1.62. The van der Waals surface area contributed by atoms with Crippen LogP contribution < -0.4 is 11.1 Å². The van der Waals surface area contributed by atoms with Crippen molar-refractivity contribution in [2.75, 3.05) is 6.54 Å². The zero-order valence-electron chi connectivity index (χ0n) is 12.8. The fraction of sp³-hybridized carbons (Fsp3) is 0.389. The molecule has 116 valence electrons. The lowest BCUT2D eigenvalue weighted by molar-refractivity contribution is 0.0923. The topological polar surface area (TPSA) is 68.3 Å². The van der Waals surface area contributed by atoms with Gasteiger partial charge in [0.2, 0.25) is 0 Å². The highest BCUT2D eigenvalue weighted by Crippen LogP contribution is 2.31. The Kier molecular flexibility index (Phi) is 4.29.